The minimum Gasteiger partial charge on any atom is -0.357 e. The second-order valence-electron chi connectivity index (χ2n) is 11.5. The zero-order valence-corrected chi connectivity index (χ0v) is 23.5. The molecule has 202 valence electrons. The molecule has 0 saturated carbocycles. The van der Waals surface area contributed by atoms with Crippen molar-refractivity contribution in [3.63, 3.8) is 0 Å². The van der Waals surface area contributed by atoms with E-state index < -0.39 is 5.41 Å². The van der Waals surface area contributed by atoms with Crippen molar-refractivity contribution in [2.45, 2.75) is 5.41 Å². The van der Waals surface area contributed by atoms with Crippen LogP contribution in [-0.4, -0.2) is 9.97 Å². The minimum absolute atomic E-state index is 0.529. The number of aromatic nitrogens is 2. The molecule has 0 fully saturated rings. The van der Waals surface area contributed by atoms with Crippen LogP contribution in [0, 0.1) is 0 Å². The number of benzene rings is 6. The van der Waals surface area contributed by atoms with Crippen molar-refractivity contribution in [3.8, 4) is 33.6 Å². The van der Waals surface area contributed by atoms with Gasteiger partial charge < -0.3 is 9.97 Å². The Morgan fingerprint density at radius 2 is 0.721 bits per heavy atom. The van der Waals surface area contributed by atoms with Gasteiger partial charge in [-0.2, -0.15) is 0 Å². The van der Waals surface area contributed by atoms with E-state index in [1.807, 2.05) is 0 Å². The highest BCUT2D eigenvalue weighted by atomic mass is 14.8. The molecule has 6 aromatic carbocycles. The van der Waals surface area contributed by atoms with E-state index >= 15 is 0 Å². The topological polar surface area (TPSA) is 31.6 Å². The Balaban J connectivity index is 1.31. The summed E-state index contributed by atoms with van der Waals surface area (Å²) in [7, 11) is 0. The third-order valence-electron chi connectivity index (χ3n) is 9.29. The molecule has 0 bridgehead atoms. The van der Waals surface area contributed by atoms with Crippen LogP contribution in [0.15, 0.2) is 158 Å². The molecule has 43 heavy (non-hydrogen) atoms. The number of aromatic amines is 2. The van der Waals surface area contributed by atoms with Crippen molar-refractivity contribution >= 4 is 21.5 Å². The van der Waals surface area contributed by atoms with Crippen LogP contribution in [0.4, 0.5) is 0 Å². The number of rotatable bonds is 4. The number of hydrogen-bond donors (Lipinski definition) is 2. The molecule has 2 aromatic heterocycles. The number of hydrogen-bond acceptors (Lipinski definition) is 0. The van der Waals surface area contributed by atoms with Gasteiger partial charge >= 0.3 is 0 Å². The summed E-state index contributed by atoms with van der Waals surface area (Å²) in [4.78, 5) is 7.89. The zero-order valence-electron chi connectivity index (χ0n) is 23.5. The van der Waals surface area contributed by atoms with Crippen molar-refractivity contribution in [3.05, 3.63) is 180 Å². The van der Waals surface area contributed by atoms with E-state index in [1.165, 1.54) is 54.9 Å². The van der Waals surface area contributed by atoms with Crippen LogP contribution in [0.2, 0.25) is 0 Å². The Morgan fingerprint density at radius 3 is 1.23 bits per heavy atom. The van der Waals surface area contributed by atoms with E-state index in [4.69, 9.17) is 0 Å². The molecule has 0 aliphatic heterocycles. The highest BCUT2D eigenvalue weighted by Crippen LogP contribution is 2.56. The molecule has 0 unspecified atom stereocenters. The summed E-state index contributed by atoms with van der Waals surface area (Å²) in [6.07, 6.45) is 0. The van der Waals surface area contributed by atoms with Crippen molar-refractivity contribution in [2.24, 2.45) is 0 Å². The third kappa shape index (κ3) is 3.41. The van der Waals surface area contributed by atoms with Gasteiger partial charge in [-0.3, -0.25) is 0 Å². The zero-order chi connectivity index (χ0) is 28.4. The Hall–Kier alpha value is -5.60. The molecule has 9 rings (SSSR count). The van der Waals surface area contributed by atoms with Gasteiger partial charge in [0.1, 0.15) is 5.41 Å². The Labute approximate surface area is 250 Å². The molecule has 0 saturated heterocycles. The van der Waals surface area contributed by atoms with Crippen LogP contribution in [0.3, 0.4) is 0 Å². The van der Waals surface area contributed by atoms with Gasteiger partial charge in [0.15, 0.2) is 0 Å². The van der Waals surface area contributed by atoms with Crippen molar-refractivity contribution in [1.82, 2.24) is 9.97 Å². The highest BCUT2D eigenvalue weighted by molar-refractivity contribution is 5.97. The summed E-state index contributed by atoms with van der Waals surface area (Å²) < 4.78 is 0. The number of fused-ring (bicyclic) bond motifs is 5. The summed E-state index contributed by atoms with van der Waals surface area (Å²) >= 11 is 0. The number of nitrogens with one attached hydrogen (secondary N) is 2. The molecule has 2 heteroatoms. The molecule has 2 N–H and O–H groups in total. The fraction of sp³-hybridized carbons (Fsp3) is 0.0244. The van der Waals surface area contributed by atoms with Crippen LogP contribution < -0.4 is 0 Å². The minimum atomic E-state index is -0.529. The van der Waals surface area contributed by atoms with Crippen LogP contribution >= 0.6 is 0 Å². The first kappa shape index (κ1) is 24.0. The van der Waals surface area contributed by atoms with Gasteiger partial charge in [0, 0.05) is 33.9 Å². The standard InChI is InChI=1S/C41H28N2/c1-3-15-29-27(11-1)13-9-19-33(29)37-23-25-39(42-37)41(35-21-7-5-17-31(35)32-18-6-8-22-36(32)41)40-26-24-38(43-40)34-20-10-14-28-12-2-4-16-30(28)34/h1-26,42-43H. The molecule has 0 radical (unpaired) electrons. The molecule has 0 amide bonds. The molecule has 0 atom stereocenters. The Kier molecular flexibility index (Phi) is 5.15. The predicted molar refractivity (Wildman–Crippen MR) is 178 cm³/mol. The lowest BCUT2D eigenvalue weighted by Crippen LogP contribution is -2.29. The largest absolute Gasteiger partial charge is 0.357 e. The summed E-state index contributed by atoms with van der Waals surface area (Å²) in [5.74, 6) is 0. The van der Waals surface area contributed by atoms with Gasteiger partial charge in [0.05, 0.1) is 0 Å². The quantitative estimate of drug-likeness (QED) is 0.219. The summed E-state index contributed by atoms with van der Waals surface area (Å²) in [6.45, 7) is 0. The maximum absolute atomic E-state index is 3.94. The predicted octanol–water partition coefficient (Wildman–Crippen LogP) is 10.3. The lowest BCUT2D eigenvalue weighted by Gasteiger charge is -2.31. The molecule has 8 aromatic rings. The molecule has 1 aliphatic rings. The second-order valence-corrected chi connectivity index (χ2v) is 11.5. The maximum Gasteiger partial charge on any atom is 0.101 e. The smallest absolute Gasteiger partial charge is 0.101 e. The normalized spacial score (nSPS) is 13.3. The van der Waals surface area contributed by atoms with Gasteiger partial charge in [0.2, 0.25) is 0 Å². The summed E-state index contributed by atoms with van der Waals surface area (Å²) in [5, 5.41) is 4.98. The van der Waals surface area contributed by atoms with Crippen LogP contribution in [0.1, 0.15) is 22.5 Å². The summed E-state index contributed by atoms with van der Waals surface area (Å²) in [6, 6.07) is 57.2. The van der Waals surface area contributed by atoms with E-state index in [9.17, 15) is 0 Å². The van der Waals surface area contributed by atoms with E-state index in [-0.39, 0.29) is 0 Å². The third-order valence-corrected chi connectivity index (χ3v) is 9.29. The lowest BCUT2D eigenvalue weighted by atomic mass is 9.73. The fourth-order valence-electron chi connectivity index (χ4n) is 7.42. The Morgan fingerprint density at radius 1 is 0.326 bits per heavy atom. The van der Waals surface area contributed by atoms with E-state index in [0.717, 1.165) is 22.8 Å². The first-order chi connectivity index (χ1) is 21.3. The van der Waals surface area contributed by atoms with Gasteiger partial charge in [-0.05, 0) is 68.1 Å². The maximum atomic E-state index is 3.94. The second kappa shape index (κ2) is 9.20. The Bertz CT molecular complexity index is 2140. The first-order valence-electron chi connectivity index (χ1n) is 14.9. The lowest BCUT2D eigenvalue weighted by molar-refractivity contribution is 0.719. The molecule has 0 spiro atoms. The summed E-state index contributed by atoms with van der Waals surface area (Å²) in [5.41, 5.74) is 11.6. The van der Waals surface area contributed by atoms with E-state index in [1.54, 1.807) is 0 Å². The van der Waals surface area contributed by atoms with Crippen molar-refractivity contribution in [2.75, 3.05) is 0 Å². The van der Waals surface area contributed by atoms with E-state index in [2.05, 4.69) is 168 Å². The van der Waals surface area contributed by atoms with Gasteiger partial charge in [-0.25, -0.2) is 0 Å². The number of H-pyrrole nitrogens is 2. The molecular formula is C41H28N2. The van der Waals surface area contributed by atoms with Crippen LogP contribution in [0.25, 0.3) is 55.2 Å². The van der Waals surface area contributed by atoms with Crippen LogP contribution in [0.5, 0.6) is 0 Å². The van der Waals surface area contributed by atoms with Crippen LogP contribution in [-0.2, 0) is 5.41 Å². The average Bonchev–Trinajstić information content (AvgIpc) is 3.82. The molecule has 2 heterocycles. The monoisotopic (exact) mass is 548 g/mol. The van der Waals surface area contributed by atoms with Gasteiger partial charge in [0.25, 0.3) is 0 Å². The van der Waals surface area contributed by atoms with E-state index in [0.29, 0.717) is 0 Å². The SMILES string of the molecule is c1ccc2c(c1)-c1ccccc1C2(c1ccc(-c2cccc3ccccc23)[nH]1)c1ccc(-c2cccc3ccccc23)[nH]1. The average molecular weight is 549 g/mol. The van der Waals surface area contributed by atoms with Gasteiger partial charge in [-0.1, -0.05) is 133 Å². The van der Waals surface area contributed by atoms with Gasteiger partial charge in [-0.15, -0.1) is 0 Å². The molecule has 2 nitrogen and oxygen atoms in total. The molecular weight excluding hydrogens is 520 g/mol. The highest BCUT2D eigenvalue weighted by Gasteiger charge is 2.48. The van der Waals surface area contributed by atoms with Crippen molar-refractivity contribution < 1.29 is 0 Å². The molecule has 1 aliphatic carbocycles. The fourth-order valence-corrected chi connectivity index (χ4v) is 7.42. The van der Waals surface area contributed by atoms with Crippen molar-refractivity contribution in [1.29, 1.82) is 0 Å². The first-order valence-corrected chi connectivity index (χ1v) is 14.9.